The normalized spacial score (nSPS) is 11.1. The molecule has 2 nitrogen and oxygen atoms in total. The highest BCUT2D eigenvalue weighted by molar-refractivity contribution is 5.82. The molecule has 2 rings (SSSR count). The van der Waals surface area contributed by atoms with E-state index in [1.807, 2.05) is 17.7 Å². The zero-order chi connectivity index (χ0) is 10.1. The molecule has 0 spiro atoms. The van der Waals surface area contributed by atoms with Gasteiger partial charge in [-0.3, -0.25) is 4.68 Å². The molecule has 0 unspecified atom stereocenters. The number of hydrogen-bond acceptors (Lipinski definition) is 1. The molecule has 0 aliphatic heterocycles. The summed E-state index contributed by atoms with van der Waals surface area (Å²) in [7, 11) is 0. The van der Waals surface area contributed by atoms with Gasteiger partial charge in [-0.25, -0.2) is 4.39 Å². The molecular formula is C11H13FN2. The molecule has 0 amide bonds. The number of benzene rings is 1. The molecular weight excluding hydrogens is 179 g/mol. The van der Waals surface area contributed by atoms with E-state index in [2.05, 4.69) is 12.0 Å². The third kappa shape index (κ3) is 1.29. The van der Waals surface area contributed by atoms with Crippen molar-refractivity contribution < 1.29 is 4.39 Å². The standard InChI is InChI=1S/C11H13FN2/c1-3-10-9-6-5-8(12)7-11(9)14(4-2)13-10/h5-7H,3-4H2,1-2H3. The van der Waals surface area contributed by atoms with Crippen molar-refractivity contribution in [3.8, 4) is 0 Å². The molecule has 3 heteroatoms. The second-order valence-corrected chi connectivity index (χ2v) is 3.28. The smallest absolute Gasteiger partial charge is 0.125 e. The van der Waals surface area contributed by atoms with Gasteiger partial charge in [0.1, 0.15) is 5.82 Å². The van der Waals surface area contributed by atoms with Crippen LogP contribution in [0.1, 0.15) is 19.5 Å². The lowest BCUT2D eigenvalue weighted by atomic mass is 10.2. The van der Waals surface area contributed by atoms with Crippen molar-refractivity contribution in [2.45, 2.75) is 26.8 Å². The van der Waals surface area contributed by atoms with Crippen LogP contribution in [0.15, 0.2) is 18.2 Å². The minimum atomic E-state index is -0.199. The third-order valence-corrected chi connectivity index (χ3v) is 2.42. The van der Waals surface area contributed by atoms with Crippen LogP contribution < -0.4 is 0 Å². The minimum absolute atomic E-state index is 0.199. The molecule has 0 radical (unpaired) electrons. The topological polar surface area (TPSA) is 17.8 Å². The molecule has 0 N–H and O–H groups in total. The second-order valence-electron chi connectivity index (χ2n) is 3.28. The Morgan fingerprint density at radius 3 is 2.79 bits per heavy atom. The Bertz CT molecular complexity index is 460. The SMILES string of the molecule is CCc1nn(CC)c2cc(F)ccc12. The molecule has 0 atom stereocenters. The molecule has 0 fully saturated rings. The van der Waals surface area contributed by atoms with Crippen LogP contribution in [0.5, 0.6) is 0 Å². The summed E-state index contributed by atoms with van der Waals surface area (Å²) in [6.45, 7) is 4.85. The first-order valence-corrected chi connectivity index (χ1v) is 4.91. The Kier molecular flexibility index (Phi) is 2.23. The fraction of sp³-hybridized carbons (Fsp3) is 0.364. The van der Waals surface area contributed by atoms with Crippen molar-refractivity contribution >= 4 is 10.9 Å². The molecule has 74 valence electrons. The molecule has 1 heterocycles. The van der Waals surface area contributed by atoms with Gasteiger partial charge < -0.3 is 0 Å². The molecule has 2 aromatic rings. The van der Waals surface area contributed by atoms with Gasteiger partial charge in [-0.05, 0) is 31.5 Å². The van der Waals surface area contributed by atoms with E-state index in [0.29, 0.717) is 0 Å². The van der Waals surface area contributed by atoms with Crippen LogP contribution in [-0.4, -0.2) is 9.78 Å². The van der Waals surface area contributed by atoms with Gasteiger partial charge in [0.2, 0.25) is 0 Å². The monoisotopic (exact) mass is 192 g/mol. The van der Waals surface area contributed by atoms with Crippen LogP contribution in [0.25, 0.3) is 10.9 Å². The number of nitrogens with zero attached hydrogens (tertiary/aromatic N) is 2. The average Bonchev–Trinajstić information content (AvgIpc) is 2.55. The van der Waals surface area contributed by atoms with Crippen LogP contribution in [0, 0.1) is 5.82 Å². The zero-order valence-electron chi connectivity index (χ0n) is 8.42. The van der Waals surface area contributed by atoms with Crippen molar-refractivity contribution in [1.82, 2.24) is 9.78 Å². The van der Waals surface area contributed by atoms with E-state index in [1.165, 1.54) is 6.07 Å². The summed E-state index contributed by atoms with van der Waals surface area (Å²) in [5.41, 5.74) is 1.94. The number of hydrogen-bond donors (Lipinski definition) is 0. The van der Waals surface area contributed by atoms with E-state index in [4.69, 9.17) is 0 Å². The molecule has 1 aromatic heterocycles. The van der Waals surface area contributed by atoms with Crippen molar-refractivity contribution in [3.05, 3.63) is 29.7 Å². The molecule has 0 bridgehead atoms. The number of halogens is 1. The summed E-state index contributed by atoms with van der Waals surface area (Å²) >= 11 is 0. The Morgan fingerprint density at radius 2 is 2.14 bits per heavy atom. The Hall–Kier alpha value is -1.38. The summed E-state index contributed by atoms with van der Waals surface area (Å²) in [4.78, 5) is 0. The predicted molar refractivity (Wildman–Crippen MR) is 54.7 cm³/mol. The Balaban J connectivity index is 2.75. The maximum atomic E-state index is 13.0. The number of aryl methyl sites for hydroxylation is 2. The molecule has 0 saturated carbocycles. The fourth-order valence-corrected chi connectivity index (χ4v) is 1.72. The molecule has 14 heavy (non-hydrogen) atoms. The van der Waals surface area contributed by atoms with E-state index in [1.54, 1.807) is 6.07 Å². The van der Waals surface area contributed by atoms with Gasteiger partial charge in [0.25, 0.3) is 0 Å². The first-order chi connectivity index (χ1) is 6.76. The first kappa shape index (κ1) is 9.19. The van der Waals surface area contributed by atoms with Gasteiger partial charge in [0.15, 0.2) is 0 Å². The maximum absolute atomic E-state index is 13.0. The van der Waals surface area contributed by atoms with Crippen molar-refractivity contribution in [2.75, 3.05) is 0 Å². The van der Waals surface area contributed by atoms with Crippen LogP contribution in [0.3, 0.4) is 0 Å². The second kappa shape index (κ2) is 3.40. The van der Waals surface area contributed by atoms with Gasteiger partial charge in [-0.2, -0.15) is 5.10 Å². The summed E-state index contributed by atoms with van der Waals surface area (Å²) in [5.74, 6) is -0.199. The predicted octanol–water partition coefficient (Wildman–Crippen LogP) is 2.76. The molecule has 0 aliphatic rings. The summed E-state index contributed by atoms with van der Waals surface area (Å²) in [6.07, 6.45) is 0.884. The third-order valence-electron chi connectivity index (χ3n) is 2.42. The van der Waals surface area contributed by atoms with Crippen molar-refractivity contribution in [3.63, 3.8) is 0 Å². The van der Waals surface area contributed by atoms with Gasteiger partial charge in [-0.1, -0.05) is 6.92 Å². The number of fused-ring (bicyclic) bond motifs is 1. The summed E-state index contributed by atoms with van der Waals surface area (Å²) < 4.78 is 14.9. The van der Waals surface area contributed by atoms with Crippen LogP contribution in [0.4, 0.5) is 4.39 Å². The number of aromatic nitrogens is 2. The van der Waals surface area contributed by atoms with Crippen LogP contribution >= 0.6 is 0 Å². The Morgan fingerprint density at radius 1 is 1.36 bits per heavy atom. The van der Waals surface area contributed by atoms with Crippen molar-refractivity contribution in [2.24, 2.45) is 0 Å². The lowest BCUT2D eigenvalue weighted by Gasteiger charge is -1.96. The lowest BCUT2D eigenvalue weighted by Crippen LogP contribution is -1.96. The fourth-order valence-electron chi connectivity index (χ4n) is 1.72. The molecule has 1 aromatic carbocycles. The number of rotatable bonds is 2. The maximum Gasteiger partial charge on any atom is 0.125 e. The average molecular weight is 192 g/mol. The van der Waals surface area contributed by atoms with E-state index < -0.39 is 0 Å². The summed E-state index contributed by atoms with van der Waals surface area (Å²) in [5, 5.41) is 5.48. The van der Waals surface area contributed by atoms with E-state index in [-0.39, 0.29) is 5.82 Å². The van der Waals surface area contributed by atoms with E-state index >= 15 is 0 Å². The molecule has 0 aliphatic carbocycles. The van der Waals surface area contributed by atoms with Gasteiger partial charge >= 0.3 is 0 Å². The first-order valence-electron chi connectivity index (χ1n) is 4.91. The van der Waals surface area contributed by atoms with Crippen LogP contribution in [-0.2, 0) is 13.0 Å². The highest BCUT2D eigenvalue weighted by Crippen LogP contribution is 2.20. The van der Waals surface area contributed by atoms with Gasteiger partial charge in [0.05, 0.1) is 11.2 Å². The molecule has 0 saturated heterocycles. The van der Waals surface area contributed by atoms with E-state index in [9.17, 15) is 4.39 Å². The van der Waals surface area contributed by atoms with Gasteiger partial charge in [-0.15, -0.1) is 0 Å². The Labute approximate surface area is 82.3 Å². The zero-order valence-corrected chi connectivity index (χ0v) is 8.42. The minimum Gasteiger partial charge on any atom is -0.265 e. The quantitative estimate of drug-likeness (QED) is 0.715. The van der Waals surface area contributed by atoms with Crippen LogP contribution in [0.2, 0.25) is 0 Å². The van der Waals surface area contributed by atoms with E-state index in [0.717, 1.165) is 29.6 Å². The largest absolute Gasteiger partial charge is 0.265 e. The summed E-state index contributed by atoms with van der Waals surface area (Å²) in [6, 6.07) is 4.84. The highest BCUT2D eigenvalue weighted by atomic mass is 19.1. The van der Waals surface area contributed by atoms with Gasteiger partial charge in [0, 0.05) is 11.9 Å². The highest BCUT2D eigenvalue weighted by Gasteiger charge is 2.08. The van der Waals surface area contributed by atoms with Crippen molar-refractivity contribution in [1.29, 1.82) is 0 Å². The lowest BCUT2D eigenvalue weighted by molar-refractivity contribution is 0.625.